The lowest BCUT2D eigenvalue weighted by Crippen LogP contribution is -2.28. The Bertz CT molecular complexity index is 779. The van der Waals surface area contributed by atoms with Crippen molar-refractivity contribution in [2.75, 3.05) is 0 Å². The first-order valence-electron chi connectivity index (χ1n) is 7.58. The van der Waals surface area contributed by atoms with E-state index in [-0.39, 0.29) is 0 Å². The monoisotopic (exact) mass is 383 g/mol. The Morgan fingerprint density at radius 1 is 0.917 bits per heavy atom. The molecule has 0 amide bonds. The van der Waals surface area contributed by atoms with Gasteiger partial charge in [0.1, 0.15) is 0 Å². The zero-order valence-electron chi connectivity index (χ0n) is 14.1. The predicted octanol–water partition coefficient (Wildman–Crippen LogP) is 6.25. The van der Waals surface area contributed by atoms with Gasteiger partial charge in [0.05, 0.1) is 11.6 Å². The lowest BCUT2D eigenvalue weighted by Gasteiger charge is -2.28. The van der Waals surface area contributed by atoms with Gasteiger partial charge in [0.2, 0.25) is 3.79 Å². The van der Waals surface area contributed by atoms with E-state index in [0.717, 1.165) is 33.4 Å². The summed E-state index contributed by atoms with van der Waals surface area (Å²) in [6.07, 6.45) is 0. The fourth-order valence-electron chi connectivity index (χ4n) is 2.83. The van der Waals surface area contributed by atoms with Gasteiger partial charge in [0.15, 0.2) is 0 Å². The molecule has 2 aromatic rings. The van der Waals surface area contributed by atoms with Crippen LogP contribution in [0.1, 0.15) is 39.3 Å². The maximum Gasteiger partial charge on any atom is 0.203 e. The van der Waals surface area contributed by atoms with Gasteiger partial charge in [-0.15, -0.1) is 0 Å². The third-order valence-electron chi connectivity index (χ3n) is 4.12. The van der Waals surface area contributed by atoms with Crippen molar-refractivity contribution in [3.63, 3.8) is 0 Å². The van der Waals surface area contributed by atoms with E-state index in [2.05, 4.69) is 5.16 Å². The lowest BCUT2D eigenvalue weighted by atomic mass is 9.85. The standard InChI is InChI=1S/C19H20Cl3NO/c1-11-5-7-13(3)15(9-11)17(19(20,21)22)18(23-24)16-10-12(2)6-8-14(16)4/h5-10,17,24H,1-4H3/b23-18+/t17-/m0/s1. The van der Waals surface area contributed by atoms with E-state index >= 15 is 0 Å². The molecule has 0 aliphatic rings. The molecule has 0 heterocycles. The number of rotatable bonds is 3. The molecule has 2 aromatic carbocycles. The van der Waals surface area contributed by atoms with E-state index in [1.807, 2.05) is 64.1 Å². The molecule has 2 rings (SSSR count). The summed E-state index contributed by atoms with van der Waals surface area (Å²) in [6, 6.07) is 11.9. The molecule has 0 fully saturated rings. The molecule has 24 heavy (non-hydrogen) atoms. The van der Waals surface area contributed by atoms with E-state index in [9.17, 15) is 5.21 Å². The van der Waals surface area contributed by atoms with Crippen LogP contribution in [0.5, 0.6) is 0 Å². The van der Waals surface area contributed by atoms with Gasteiger partial charge < -0.3 is 5.21 Å². The predicted molar refractivity (Wildman–Crippen MR) is 103 cm³/mol. The van der Waals surface area contributed by atoms with Crippen LogP contribution in [0.2, 0.25) is 0 Å². The smallest absolute Gasteiger partial charge is 0.203 e. The quantitative estimate of drug-likeness (QED) is 0.288. The molecule has 0 aliphatic carbocycles. The maximum atomic E-state index is 9.76. The summed E-state index contributed by atoms with van der Waals surface area (Å²) in [6.45, 7) is 7.85. The molecule has 0 unspecified atom stereocenters. The molecule has 1 N–H and O–H groups in total. The molecular weight excluding hydrogens is 365 g/mol. The second-order valence-electron chi connectivity index (χ2n) is 6.14. The van der Waals surface area contributed by atoms with Crippen LogP contribution in [0.4, 0.5) is 0 Å². The second-order valence-corrected chi connectivity index (χ2v) is 8.51. The minimum Gasteiger partial charge on any atom is -0.411 e. The van der Waals surface area contributed by atoms with E-state index < -0.39 is 9.71 Å². The number of hydrogen-bond acceptors (Lipinski definition) is 2. The SMILES string of the molecule is Cc1ccc(C)c(/C(=N\O)[C@H](c2cc(C)ccc2C)C(Cl)(Cl)Cl)c1. The molecule has 5 heteroatoms. The number of alkyl halides is 3. The van der Waals surface area contributed by atoms with E-state index in [0.29, 0.717) is 5.71 Å². The summed E-state index contributed by atoms with van der Waals surface area (Å²) in [5, 5.41) is 13.3. The van der Waals surface area contributed by atoms with Gasteiger partial charge >= 0.3 is 0 Å². The van der Waals surface area contributed by atoms with Gasteiger partial charge in [-0.25, -0.2) is 0 Å². The van der Waals surface area contributed by atoms with Crippen molar-refractivity contribution in [2.45, 2.75) is 37.4 Å². The average molecular weight is 385 g/mol. The number of halogens is 3. The summed E-state index contributed by atoms with van der Waals surface area (Å²) in [5.41, 5.74) is 5.98. The zero-order chi connectivity index (χ0) is 18.1. The van der Waals surface area contributed by atoms with Crippen molar-refractivity contribution in [3.8, 4) is 0 Å². The molecule has 0 spiro atoms. The normalized spacial score (nSPS) is 13.9. The van der Waals surface area contributed by atoms with Crippen molar-refractivity contribution in [1.29, 1.82) is 0 Å². The summed E-state index contributed by atoms with van der Waals surface area (Å²) in [5.74, 6) is -0.687. The third kappa shape index (κ3) is 4.05. The number of hydrogen-bond donors (Lipinski definition) is 1. The Morgan fingerprint density at radius 2 is 1.46 bits per heavy atom. The molecule has 0 saturated heterocycles. The van der Waals surface area contributed by atoms with Crippen LogP contribution >= 0.6 is 34.8 Å². The Labute approximate surface area is 158 Å². The van der Waals surface area contributed by atoms with E-state index in [1.54, 1.807) is 0 Å². The van der Waals surface area contributed by atoms with Crippen molar-refractivity contribution < 1.29 is 5.21 Å². The fraction of sp³-hybridized carbons (Fsp3) is 0.316. The van der Waals surface area contributed by atoms with Crippen LogP contribution in [-0.2, 0) is 0 Å². The summed E-state index contributed by atoms with van der Waals surface area (Å²) < 4.78 is -1.66. The molecule has 0 saturated carbocycles. The Kier molecular flexibility index (Phi) is 5.85. The largest absolute Gasteiger partial charge is 0.411 e. The van der Waals surface area contributed by atoms with Crippen molar-refractivity contribution >= 4 is 40.5 Å². The first kappa shape index (κ1) is 19.1. The fourth-order valence-corrected chi connectivity index (χ4v) is 3.49. The number of nitrogens with zero attached hydrogens (tertiary/aromatic N) is 1. The van der Waals surface area contributed by atoms with Crippen LogP contribution in [0.15, 0.2) is 41.6 Å². The van der Waals surface area contributed by atoms with Gasteiger partial charge in [-0.1, -0.05) is 81.4 Å². The highest BCUT2D eigenvalue weighted by atomic mass is 35.6. The molecule has 0 bridgehead atoms. The number of aryl methyl sites for hydroxylation is 4. The molecule has 1 atom stereocenters. The first-order valence-corrected chi connectivity index (χ1v) is 8.72. The van der Waals surface area contributed by atoms with Crippen molar-refractivity contribution in [1.82, 2.24) is 0 Å². The maximum absolute atomic E-state index is 9.76. The topological polar surface area (TPSA) is 32.6 Å². The van der Waals surface area contributed by atoms with Crippen LogP contribution in [0.25, 0.3) is 0 Å². The summed E-state index contributed by atoms with van der Waals surface area (Å²) in [4.78, 5) is 0. The van der Waals surface area contributed by atoms with Crippen LogP contribution in [0, 0.1) is 27.7 Å². The Morgan fingerprint density at radius 3 is 2.00 bits per heavy atom. The molecular formula is C19H20Cl3NO. The van der Waals surface area contributed by atoms with Gasteiger partial charge in [0, 0.05) is 5.56 Å². The van der Waals surface area contributed by atoms with E-state index in [4.69, 9.17) is 34.8 Å². The second kappa shape index (κ2) is 7.35. The average Bonchev–Trinajstić information content (AvgIpc) is 2.49. The van der Waals surface area contributed by atoms with Crippen LogP contribution < -0.4 is 0 Å². The minimum atomic E-state index is -1.66. The molecule has 128 valence electrons. The van der Waals surface area contributed by atoms with Crippen LogP contribution in [-0.4, -0.2) is 14.7 Å². The molecule has 0 aromatic heterocycles. The first-order chi connectivity index (χ1) is 11.1. The summed E-state index contributed by atoms with van der Waals surface area (Å²) in [7, 11) is 0. The molecule has 0 aliphatic heterocycles. The minimum absolute atomic E-state index is 0.352. The molecule has 0 radical (unpaired) electrons. The Hall–Kier alpha value is -1.22. The highest BCUT2D eigenvalue weighted by molar-refractivity contribution is 6.69. The van der Waals surface area contributed by atoms with Gasteiger partial charge in [-0.3, -0.25) is 0 Å². The van der Waals surface area contributed by atoms with Gasteiger partial charge in [0.25, 0.3) is 0 Å². The summed E-state index contributed by atoms with van der Waals surface area (Å²) >= 11 is 18.9. The number of oxime groups is 1. The lowest BCUT2D eigenvalue weighted by molar-refractivity contribution is 0.317. The van der Waals surface area contributed by atoms with Gasteiger partial charge in [-0.05, 0) is 50.5 Å². The van der Waals surface area contributed by atoms with Crippen molar-refractivity contribution in [3.05, 3.63) is 69.8 Å². The highest BCUT2D eigenvalue weighted by Gasteiger charge is 2.40. The highest BCUT2D eigenvalue weighted by Crippen LogP contribution is 2.45. The van der Waals surface area contributed by atoms with Gasteiger partial charge in [-0.2, -0.15) is 0 Å². The molecule has 2 nitrogen and oxygen atoms in total. The zero-order valence-corrected chi connectivity index (χ0v) is 16.3. The van der Waals surface area contributed by atoms with Crippen molar-refractivity contribution in [2.24, 2.45) is 5.16 Å². The van der Waals surface area contributed by atoms with E-state index in [1.165, 1.54) is 0 Å². The van der Waals surface area contributed by atoms with Crippen LogP contribution in [0.3, 0.4) is 0 Å². The Balaban J connectivity index is 2.71. The number of benzene rings is 2. The third-order valence-corrected chi connectivity index (χ3v) is 4.78.